The van der Waals surface area contributed by atoms with Gasteiger partial charge in [-0.25, -0.2) is 4.98 Å². The zero-order valence-corrected chi connectivity index (χ0v) is 7.70. The highest BCUT2D eigenvalue weighted by Gasteiger charge is 1.99. The van der Waals surface area contributed by atoms with Crippen molar-refractivity contribution in [3.05, 3.63) is 30.6 Å². The second-order valence-electron chi connectivity index (χ2n) is 2.50. The van der Waals surface area contributed by atoms with Gasteiger partial charge >= 0.3 is 0 Å². The molecule has 0 aliphatic carbocycles. The van der Waals surface area contributed by atoms with E-state index >= 15 is 0 Å². The van der Waals surface area contributed by atoms with Crippen LogP contribution in [0.5, 0.6) is 0 Å². The van der Waals surface area contributed by atoms with Crippen molar-refractivity contribution in [1.29, 1.82) is 0 Å². The molecule has 66 valence electrons. The zero-order valence-electron chi connectivity index (χ0n) is 6.88. The van der Waals surface area contributed by atoms with Gasteiger partial charge < -0.3 is 4.79 Å². The van der Waals surface area contributed by atoms with Crippen molar-refractivity contribution in [3.63, 3.8) is 0 Å². The van der Waals surface area contributed by atoms with Crippen LogP contribution in [-0.2, 0) is 4.79 Å². The van der Waals surface area contributed by atoms with Crippen molar-refractivity contribution in [2.75, 3.05) is 5.75 Å². The quantitative estimate of drug-likeness (QED) is 0.547. The van der Waals surface area contributed by atoms with E-state index in [-0.39, 0.29) is 0 Å². The number of nitrogens with zero attached hydrogens (tertiary/aromatic N) is 2. The maximum Gasteiger partial charge on any atom is 0.137 e. The van der Waals surface area contributed by atoms with Gasteiger partial charge in [0.05, 0.1) is 10.8 Å². The first-order chi connectivity index (χ1) is 6.42. The normalized spacial score (nSPS) is 10.5. The van der Waals surface area contributed by atoms with E-state index in [0.717, 1.165) is 17.0 Å². The number of carbonyl (C=O) groups is 1. The summed E-state index contributed by atoms with van der Waals surface area (Å²) in [5, 5.41) is 1.04. The molecule has 2 aromatic rings. The van der Waals surface area contributed by atoms with E-state index in [1.807, 2.05) is 28.8 Å². The van der Waals surface area contributed by atoms with Crippen LogP contribution in [0.2, 0.25) is 0 Å². The summed E-state index contributed by atoms with van der Waals surface area (Å²) in [6, 6.07) is 5.85. The molecule has 0 unspecified atom stereocenters. The van der Waals surface area contributed by atoms with Gasteiger partial charge in [0, 0.05) is 12.4 Å². The molecule has 0 aliphatic heterocycles. The lowest BCUT2D eigenvalue weighted by atomic mass is 10.5. The van der Waals surface area contributed by atoms with Crippen molar-refractivity contribution >= 4 is 23.7 Å². The number of hydrogen-bond donors (Lipinski definition) is 0. The van der Waals surface area contributed by atoms with Crippen LogP contribution < -0.4 is 0 Å². The Morgan fingerprint density at radius 3 is 3.31 bits per heavy atom. The Kier molecular flexibility index (Phi) is 2.31. The molecule has 0 saturated carbocycles. The lowest BCUT2D eigenvalue weighted by molar-refractivity contribution is -0.105. The van der Waals surface area contributed by atoms with Crippen molar-refractivity contribution in [3.8, 4) is 0 Å². The molecule has 3 nitrogen and oxygen atoms in total. The molecule has 4 heteroatoms. The van der Waals surface area contributed by atoms with Crippen molar-refractivity contribution < 1.29 is 4.79 Å². The third-order valence-electron chi connectivity index (χ3n) is 1.69. The largest absolute Gasteiger partial charge is 0.302 e. The predicted molar refractivity (Wildman–Crippen MR) is 52.0 cm³/mol. The van der Waals surface area contributed by atoms with Crippen molar-refractivity contribution in [1.82, 2.24) is 9.38 Å². The van der Waals surface area contributed by atoms with Crippen LogP contribution in [-0.4, -0.2) is 21.4 Å². The van der Waals surface area contributed by atoms with Gasteiger partial charge in [0.2, 0.25) is 0 Å². The smallest absolute Gasteiger partial charge is 0.137 e. The van der Waals surface area contributed by atoms with Crippen molar-refractivity contribution in [2.24, 2.45) is 0 Å². The first-order valence-electron chi connectivity index (χ1n) is 3.90. The molecule has 0 aliphatic rings. The van der Waals surface area contributed by atoms with Gasteiger partial charge in [0.1, 0.15) is 11.9 Å². The number of thioether (sulfide) groups is 1. The highest BCUT2D eigenvalue weighted by Crippen LogP contribution is 2.17. The highest BCUT2D eigenvalue weighted by atomic mass is 32.2. The Hall–Kier alpha value is -1.29. The standard InChI is InChI=1S/C9H8N2OS/c12-6-7-13-9-3-1-2-8-10-4-5-11(8)9/h1-6H,7H2. The first-order valence-corrected chi connectivity index (χ1v) is 4.89. The molecule has 2 rings (SSSR count). The number of carbonyl (C=O) groups excluding carboxylic acids is 1. The van der Waals surface area contributed by atoms with Crippen LogP contribution in [0.4, 0.5) is 0 Å². The molecule has 0 saturated heterocycles. The Morgan fingerprint density at radius 2 is 2.46 bits per heavy atom. The van der Waals surface area contributed by atoms with E-state index in [0.29, 0.717) is 5.75 Å². The van der Waals surface area contributed by atoms with Crippen LogP contribution in [0.25, 0.3) is 5.65 Å². The summed E-state index contributed by atoms with van der Waals surface area (Å²) in [6.45, 7) is 0. The zero-order chi connectivity index (χ0) is 9.10. The fourth-order valence-electron chi connectivity index (χ4n) is 1.16. The van der Waals surface area contributed by atoms with Gasteiger partial charge in [0.15, 0.2) is 0 Å². The summed E-state index contributed by atoms with van der Waals surface area (Å²) in [5.41, 5.74) is 0.913. The number of fused-ring (bicyclic) bond motifs is 1. The van der Waals surface area contributed by atoms with Gasteiger partial charge in [-0.15, -0.1) is 11.8 Å². The van der Waals surface area contributed by atoms with Gasteiger partial charge in [-0.05, 0) is 12.1 Å². The molecular formula is C9H8N2OS. The number of imidazole rings is 1. The monoisotopic (exact) mass is 192 g/mol. The SMILES string of the molecule is O=CCSc1cccc2nccn12. The van der Waals surface area contributed by atoms with Gasteiger partial charge in [-0.1, -0.05) is 6.07 Å². The van der Waals surface area contributed by atoms with Crippen LogP contribution in [0.1, 0.15) is 0 Å². The van der Waals surface area contributed by atoms with Gasteiger partial charge in [0.25, 0.3) is 0 Å². The molecule has 13 heavy (non-hydrogen) atoms. The summed E-state index contributed by atoms with van der Waals surface area (Å²) in [6.07, 6.45) is 4.54. The van der Waals surface area contributed by atoms with Crippen LogP contribution in [0, 0.1) is 0 Å². The van der Waals surface area contributed by atoms with Crippen LogP contribution in [0.3, 0.4) is 0 Å². The number of rotatable bonds is 3. The maximum absolute atomic E-state index is 10.2. The Labute approximate surface area is 79.8 Å². The predicted octanol–water partition coefficient (Wildman–Crippen LogP) is 1.63. The minimum atomic E-state index is 0.483. The van der Waals surface area contributed by atoms with Crippen LogP contribution in [0.15, 0.2) is 35.6 Å². The summed E-state index contributed by atoms with van der Waals surface area (Å²) >= 11 is 1.51. The van der Waals surface area contributed by atoms with Gasteiger partial charge in [-0.3, -0.25) is 4.40 Å². The molecule has 0 fully saturated rings. The lowest BCUT2D eigenvalue weighted by Crippen LogP contribution is -1.89. The summed E-state index contributed by atoms with van der Waals surface area (Å²) in [7, 11) is 0. The molecule has 0 atom stereocenters. The van der Waals surface area contributed by atoms with E-state index in [4.69, 9.17) is 0 Å². The molecule has 0 bridgehead atoms. The molecule has 0 spiro atoms. The highest BCUT2D eigenvalue weighted by molar-refractivity contribution is 7.99. The molecule has 0 amide bonds. The Morgan fingerprint density at radius 1 is 1.54 bits per heavy atom. The van der Waals surface area contributed by atoms with Crippen LogP contribution >= 0.6 is 11.8 Å². The van der Waals surface area contributed by atoms with E-state index < -0.39 is 0 Å². The lowest BCUT2D eigenvalue weighted by Gasteiger charge is -2.01. The molecule has 0 aromatic carbocycles. The number of aldehydes is 1. The Balaban J connectivity index is 2.42. The molecular weight excluding hydrogens is 184 g/mol. The van der Waals surface area contributed by atoms with E-state index in [1.54, 1.807) is 6.20 Å². The van der Waals surface area contributed by atoms with E-state index in [1.165, 1.54) is 11.8 Å². The molecule has 0 N–H and O–H groups in total. The maximum atomic E-state index is 10.2. The number of hydrogen-bond acceptors (Lipinski definition) is 3. The average molecular weight is 192 g/mol. The first kappa shape index (κ1) is 8.31. The number of aromatic nitrogens is 2. The second-order valence-corrected chi connectivity index (χ2v) is 3.54. The van der Waals surface area contributed by atoms with E-state index in [9.17, 15) is 4.79 Å². The molecule has 2 aromatic heterocycles. The third kappa shape index (κ3) is 1.58. The minimum Gasteiger partial charge on any atom is -0.302 e. The Bertz CT molecular complexity index is 424. The van der Waals surface area contributed by atoms with Crippen molar-refractivity contribution in [2.45, 2.75) is 5.03 Å². The second kappa shape index (κ2) is 3.62. The minimum absolute atomic E-state index is 0.483. The summed E-state index contributed by atoms with van der Waals surface area (Å²) in [4.78, 5) is 14.4. The fourth-order valence-corrected chi connectivity index (χ4v) is 1.87. The third-order valence-corrected chi connectivity index (χ3v) is 2.62. The van der Waals surface area contributed by atoms with E-state index in [2.05, 4.69) is 4.98 Å². The molecule has 0 radical (unpaired) electrons. The topological polar surface area (TPSA) is 34.4 Å². The average Bonchev–Trinajstić information content (AvgIpc) is 2.62. The summed E-state index contributed by atoms with van der Waals surface area (Å²) in [5.74, 6) is 0.483. The molecule has 2 heterocycles. The van der Waals surface area contributed by atoms with Gasteiger partial charge in [-0.2, -0.15) is 0 Å². The summed E-state index contributed by atoms with van der Waals surface area (Å²) < 4.78 is 1.97. The fraction of sp³-hybridized carbons (Fsp3) is 0.111. The number of pyridine rings is 1.